The van der Waals surface area contributed by atoms with Crippen molar-refractivity contribution in [3.63, 3.8) is 0 Å². The minimum absolute atomic E-state index is 0.428. The average molecular weight is 336 g/mol. The summed E-state index contributed by atoms with van der Waals surface area (Å²) in [6.45, 7) is 3.73. The van der Waals surface area contributed by atoms with Gasteiger partial charge in [0, 0.05) is 19.1 Å². The first-order chi connectivity index (χ1) is 12.3. The van der Waals surface area contributed by atoms with E-state index in [-0.39, 0.29) is 0 Å². The van der Waals surface area contributed by atoms with Crippen LogP contribution in [-0.2, 0) is 19.6 Å². The Labute approximate surface area is 148 Å². The van der Waals surface area contributed by atoms with Gasteiger partial charge in [-0.2, -0.15) is 10.4 Å². The molecule has 0 spiro atoms. The lowest BCUT2D eigenvalue weighted by molar-refractivity contribution is 0.119. The van der Waals surface area contributed by atoms with Gasteiger partial charge in [-0.1, -0.05) is 25.3 Å². The summed E-state index contributed by atoms with van der Waals surface area (Å²) < 4.78 is 2.15. The highest BCUT2D eigenvalue weighted by atomic mass is 15.3. The van der Waals surface area contributed by atoms with Gasteiger partial charge < -0.3 is 5.32 Å². The van der Waals surface area contributed by atoms with E-state index in [0.29, 0.717) is 18.1 Å². The largest absolute Gasteiger partial charge is 0.364 e. The first kappa shape index (κ1) is 16.1. The van der Waals surface area contributed by atoms with Crippen LogP contribution in [0.3, 0.4) is 0 Å². The number of nitrogens with one attached hydrogen (secondary N) is 1. The highest BCUT2D eigenvalue weighted by molar-refractivity contribution is 5.38. The first-order valence-corrected chi connectivity index (χ1v) is 9.22. The molecule has 2 aromatic rings. The van der Waals surface area contributed by atoms with E-state index in [1.165, 1.54) is 37.8 Å². The maximum absolute atomic E-state index is 8.93. The Balaban J connectivity index is 1.39. The SMILES string of the molecule is N#Cc1cccc(NCc2cc3n(n2)CCN(C2CCCCC2)C3)n1. The van der Waals surface area contributed by atoms with Crippen molar-refractivity contribution in [3.05, 3.63) is 41.3 Å². The van der Waals surface area contributed by atoms with E-state index in [9.17, 15) is 0 Å². The highest BCUT2D eigenvalue weighted by Gasteiger charge is 2.25. The van der Waals surface area contributed by atoms with E-state index in [2.05, 4.69) is 32.0 Å². The quantitative estimate of drug-likeness (QED) is 0.929. The Bertz CT molecular complexity index is 768. The molecule has 0 saturated heterocycles. The molecule has 1 fully saturated rings. The molecule has 2 aliphatic rings. The zero-order valence-corrected chi connectivity index (χ0v) is 14.5. The molecule has 2 aromatic heterocycles. The van der Waals surface area contributed by atoms with Crippen LogP contribution in [0.15, 0.2) is 24.3 Å². The summed E-state index contributed by atoms with van der Waals surface area (Å²) in [5.41, 5.74) is 2.77. The Hall–Kier alpha value is -2.39. The zero-order chi connectivity index (χ0) is 17.1. The van der Waals surface area contributed by atoms with Gasteiger partial charge in [0.25, 0.3) is 0 Å². The van der Waals surface area contributed by atoms with Crippen molar-refractivity contribution >= 4 is 5.82 Å². The Morgan fingerprint density at radius 3 is 2.92 bits per heavy atom. The van der Waals surface area contributed by atoms with Crippen LogP contribution < -0.4 is 5.32 Å². The monoisotopic (exact) mass is 336 g/mol. The van der Waals surface area contributed by atoms with Gasteiger partial charge in [-0.25, -0.2) is 4.98 Å². The molecule has 0 unspecified atom stereocenters. The molecular weight excluding hydrogens is 312 g/mol. The molecule has 1 N–H and O–H groups in total. The molecule has 1 aliphatic carbocycles. The van der Waals surface area contributed by atoms with E-state index < -0.39 is 0 Å². The third kappa shape index (κ3) is 3.67. The predicted octanol–water partition coefficient (Wildman–Crippen LogP) is 2.91. The Kier molecular flexibility index (Phi) is 4.66. The minimum atomic E-state index is 0.428. The second-order valence-corrected chi connectivity index (χ2v) is 6.99. The summed E-state index contributed by atoms with van der Waals surface area (Å²) in [7, 11) is 0. The number of aromatic nitrogens is 3. The van der Waals surface area contributed by atoms with Gasteiger partial charge in [0.2, 0.25) is 0 Å². The molecule has 4 rings (SSSR count). The lowest BCUT2D eigenvalue weighted by atomic mass is 9.94. The van der Waals surface area contributed by atoms with Gasteiger partial charge in [0.15, 0.2) is 0 Å². The van der Waals surface area contributed by atoms with E-state index in [1.807, 2.05) is 12.1 Å². The Morgan fingerprint density at radius 1 is 1.20 bits per heavy atom. The first-order valence-electron chi connectivity index (χ1n) is 9.22. The van der Waals surface area contributed by atoms with Gasteiger partial charge in [-0.05, 0) is 31.0 Å². The van der Waals surface area contributed by atoms with Crippen molar-refractivity contribution in [1.82, 2.24) is 19.7 Å². The summed E-state index contributed by atoms with van der Waals surface area (Å²) in [5, 5.41) is 16.9. The number of anilines is 1. The van der Waals surface area contributed by atoms with Gasteiger partial charge in [0.1, 0.15) is 17.6 Å². The van der Waals surface area contributed by atoms with Crippen LogP contribution >= 0.6 is 0 Å². The standard InChI is InChI=1S/C19H24N6/c20-12-15-5-4-8-19(22-15)21-13-16-11-18-14-24(9-10-25(18)23-16)17-6-2-1-3-7-17/h4-5,8,11,17H,1-3,6-7,9-10,13-14H2,(H,21,22). The molecule has 1 saturated carbocycles. The molecule has 6 nitrogen and oxygen atoms in total. The molecule has 0 bridgehead atoms. The van der Waals surface area contributed by atoms with Crippen molar-refractivity contribution in [1.29, 1.82) is 5.26 Å². The fraction of sp³-hybridized carbons (Fsp3) is 0.526. The van der Waals surface area contributed by atoms with Crippen LogP contribution in [0.2, 0.25) is 0 Å². The molecule has 0 radical (unpaired) electrons. The maximum Gasteiger partial charge on any atom is 0.142 e. The van der Waals surface area contributed by atoms with Crippen LogP contribution in [0, 0.1) is 11.3 Å². The molecule has 25 heavy (non-hydrogen) atoms. The summed E-state index contributed by atoms with van der Waals surface area (Å²) >= 11 is 0. The smallest absolute Gasteiger partial charge is 0.142 e. The molecule has 0 atom stereocenters. The lowest BCUT2D eigenvalue weighted by Crippen LogP contribution is -2.42. The average Bonchev–Trinajstić information content (AvgIpc) is 3.09. The van der Waals surface area contributed by atoms with Crippen LogP contribution in [-0.4, -0.2) is 32.3 Å². The summed E-state index contributed by atoms with van der Waals surface area (Å²) in [5.74, 6) is 0.717. The van der Waals surface area contributed by atoms with Gasteiger partial charge in [-0.3, -0.25) is 9.58 Å². The molecule has 130 valence electrons. The molecule has 0 amide bonds. The lowest BCUT2D eigenvalue weighted by Gasteiger charge is -2.36. The van der Waals surface area contributed by atoms with E-state index >= 15 is 0 Å². The normalized spacial score (nSPS) is 18.5. The Morgan fingerprint density at radius 2 is 2.08 bits per heavy atom. The molecule has 6 heteroatoms. The summed E-state index contributed by atoms with van der Waals surface area (Å²) in [6, 6.07) is 10.5. The van der Waals surface area contributed by atoms with Crippen molar-refractivity contribution in [2.45, 2.75) is 57.8 Å². The molecule has 0 aromatic carbocycles. The fourth-order valence-corrected chi connectivity index (χ4v) is 3.97. The van der Waals surface area contributed by atoms with Crippen molar-refractivity contribution in [3.8, 4) is 6.07 Å². The van der Waals surface area contributed by atoms with Crippen LogP contribution in [0.25, 0.3) is 0 Å². The number of fused-ring (bicyclic) bond motifs is 1. The summed E-state index contributed by atoms with van der Waals surface area (Å²) in [4.78, 5) is 6.89. The number of nitriles is 1. The minimum Gasteiger partial charge on any atom is -0.364 e. The number of pyridine rings is 1. The topological polar surface area (TPSA) is 69.8 Å². The third-order valence-electron chi connectivity index (χ3n) is 5.28. The summed E-state index contributed by atoms with van der Waals surface area (Å²) in [6.07, 6.45) is 6.86. The van der Waals surface area contributed by atoms with Gasteiger partial charge in [-0.15, -0.1) is 0 Å². The van der Waals surface area contributed by atoms with Crippen LogP contribution in [0.4, 0.5) is 5.82 Å². The van der Waals surface area contributed by atoms with Crippen molar-refractivity contribution < 1.29 is 0 Å². The van der Waals surface area contributed by atoms with E-state index in [4.69, 9.17) is 10.4 Å². The fourth-order valence-electron chi connectivity index (χ4n) is 3.97. The van der Waals surface area contributed by atoms with E-state index in [0.717, 1.165) is 31.4 Å². The number of nitrogens with zero attached hydrogens (tertiary/aromatic N) is 5. The molecule has 3 heterocycles. The van der Waals surface area contributed by atoms with Gasteiger partial charge in [0.05, 0.1) is 24.5 Å². The van der Waals surface area contributed by atoms with Crippen LogP contribution in [0.1, 0.15) is 49.2 Å². The predicted molar refractivity (Wildman–Crippen MR) is 95.8 cm³/mol. The number of rotatable bonds is 4. The van der Waals surface area contributed by atoms with Crippen molar-refractivity contribution in [2.75, 3.05) is 11.9 Å². The maximum atomic E-state index is 8.93. The zero-order valence-electron chi connectivity index (χ0n) is 14.5. The second-order valence-electron chi connectivity index (χ2n) is 6.99. The molecular formula is C19H24N6. The number of hydrogen-bond acceptors (Lipinski definition) is 5. The molecule has 1 aliphatic heterocycles. The van der Waals surface area contributed by atoms with Crippen LogP contribution in [0.5, 0.6) is 0 Å². The van der Waals surface area contributed by atoms with E-state index in [1.54, 1.807) is 6.07 Å². The van der Waals surface area contributed by atoms with Crippen molar-refractivity contribution in [2.24, 2.45) is 0 Å². The number of hydrogen-bond donors (Lipinski definition) is 1. The third-order valence-corrected chi connectivity index (χ3v) is 5.28. The second kappa shape index (κ2) is 7.24. The highest BCUT2D eigenvalue weighted by Crippen LogP contribution is 2.26. The van der Waals surface area contributed by atoms with Gasteiger partial charge >= 0.3 is 0 Å².